The number of rotatable bonds is 3. The normalized spacial score (nSPS) is 11.7. The molecule has 120 valence electrons. The molecule has 0 saturated heterocycles. The Morgan fingerprint density at radius 1 is 1.12 bits per heavy atom. The van der Waals surface area contributed by atoms with Crippen molar-refractivity contribution in [3.05, 3.63) is 86.0 Å². The van der Waals surface area contributed by atoms with Crippen molar-refractivity contribution < 1.29 is 13.6 Å². The molecule has 0 saturated carbocycles. The van der Waals surface area contributed by atoms with E-state index in [4.69, 9.17) is 27.6 Å². The molecule has 24 heavy (non-hydrogen) atoms. The van der Waals surface area contributed by atoms with Crippen LogP contribution in [0.2, 0.25) is 10.0 Å². The Morgan fingerprint density at radius 3 is 2.54 bits per heavy atom. The topological polar surface area (TPSA) is 47.3 Å². The number of hydrogen-bond acceptors (Lipinski definition) is 3. The smallest absolute Gasteiger partial charge is 0.221 e. The lowest BCUT2D eigenvalue weighted by Crippen LogP contribution is -2.07. The number of ketones is 1. The van der Waals surface area contributed by atoms with Crippen molar-refractivity contribution in [2.45, 2.75) is 0 Å². The Bertz CT molecular complexity index is 1020. The summed E-state index contributed by atoms with van der Waals surface area (Å²) in [6, 6.07) is 10.7. The summed E-state index contributed by atoms with van der Waals surface area (Å²) in [4.78, 5) is 24.4. The second-order valence-corrected chi connectivity index (χ2v) is 5.82. The van der Waals surface area contributed by atoms with E-state index < -0.39 is 17.0 Å². The van der Waals surface area contributed by atoms with Gasteiger partial charge in [-0.3, -0.25) is 9.59 Å². The number of hydrogen-bond donors (Lipinski definition) is 0. The zero-order valence-corrected chi connectivity index (χ0v) is 13.6. The molecule has 0 aliphatic carbocycles. The maximum Gasteiger partial charge on any atom is 0.221 e. The van der Waals surface area contributed by atoms with Gasteiger partial charge in [0.2, 0.25) is 5.78 Å². The monoisotopic (exact) mass is 362 g/mol. The van der Waals surface area contributed by atoms with Crippen LogP contribution >= 0.6 is 23.2 Å². The summed E-state index contributed by atoms with van der Waals surface area (Å²) in [5, 5.41) is 0.536. The molecular formula is C18H9Cl2FO3. The molecule has 0 bridgehead atoms. The minimum Gasteiger partial charge on any atom is -0.462 e. The molecule has 0 fully saturated rings. The summed E-state index contributed by atoms with van der Waals surface area (Å²) >= 11 is 11.8. The van der Waals surface area contributed by atoms with Crippen molar-refractivity contribution in [1.82, 2.24) is 0 Å². The Hall–Kier alpha value is -2.43. The predicted octanol–water partition coefficient (Wildman–Crippen LogP) is 5.29. The van der Waals surface area contributed by atoms with Crippen LogP contribution < -0.4 is 5.43 Å². The first-order valence-electron chi connectivity index (χ1n) is 6.85. The minimum atomic E-state index is -1.07. The molecule has 2 aromatic carbocycles. The number of carbonyl (C=O) groups excluding carboxylic acids is 1. The van der Waals surface area contributed by atoms with E-state index in [0.29, 0.717) is 0 Å². The van der Waals surface area contributed by atoms with Crippen molar-refractivity contribution in [2.75, 3.05) is 0 Å². The molecule has 3 nitrogen and oxygen atoms in total. The molecular weight excluding hydrogens is 354 g/mol. The van der Waals surface area contributed by atoms with E-state index in [1.807, 2.05) is 0 Å². The highest BCUT2D eigenvalue weighted by Gasteiger charge is 2.15. The third-order valence-electron chi connectivity index (χ3n) is 3.35. The average molecular weight is 363 g/mol. The molecule has 3 rings (SSSR count). The largest absolute Gasteiger partial charge is 0.462 e. The molecule has 3 aromatic rings. The van der Waals surface area contributed by atoms with Gasteiger partial charge in [-0.1, -0.05) is 53.5 Å². The minimum absolute atomic E-state index is 0.109. The van der Waals surface area contributed by atoms with Crippen molar-refractivity contribution in [3.63, 3.8) is 0 Å². The first-order valence-corrected chi connectivity index (χ1v) is 7.60. The van der Waals surface area contributed by atoms with Gasteiger partial charge in [0.25, 0.3) is 0 Å². The molecule has 0 atom stereocenters. The summed E-state index contributed by atoms with van der Waals surface area (Å²) in [5.41, 5.74) is -0.306. The van der Waals surface area contributed by atoms with Gasteiger partial charge in [0, 0.05) is 10.6 Å². The number of halogens is 3. The van der Waals surface area contributed by atoms with Gasteiger partial charge in [-0.2, -0.15) is 0 Å². The van der Waals surface area contributed by atoms with E-state index in [-0.39, 0.29) is 32.1 Å². The van der Waals surface area contributed by atoms with Crippen LogP contribution in [0.1, 0.15) is 15.9 Å². The van der Waals surface area contributed by atoms with Gasteiger partial charge in [-0.25, -0.2) is 4.39 Å². The Labute approximate surface area is 145 Å². The number of Topliss-reactive ketones (excluding diaryl/α,β-unsaturated/α-hetero) is 1. The van der Waals surface area contributed by atoms with Crippen LogP contribution in [0.25, 0.3) is 17.0 Å². The fraction of sp³-hybridized carbons (Fsp3) is 0. The molecule has 1 aromatic heterocycles. The van der Waals surface area contributed by atoms with Crippen LogP contribution in [0.15, 0.2) is 63.8 Å². The van der Waals surface area contributed by atoms with Gasteiger partial charge in [-0.15, -0.1) is 0 Å². The molecule has 0 aliphatic heterocycles. The van der Waals surface area contributed by atoms with E-state index in [1.54, 1.807) is 18.2 Å². The van der Waals surface area contributed by atoms with Crippen LogP contribution in [0.4, 0.5) is 4.39 Å². The quantitative estimate of drug-likeness (QED) is 0.469. The third-order valence-corrected chi connectivity index (χ3v) is 3.85. The SMILES string of the molecule is O=C(/C(F)=C/c1coc2c(Cl)cc(Cl)cc2c1=O)c1ccccc1. The van der Waals surface area contributed by atoms with Crippen LogP contribution in [0.3, 0.4) is 0 Å². The van der Waals surface area contributed by atoms with Crippen molar-refractivity contribution >= 4 is 46.0 Å². The number of carbonyl (C=O) groups is 1. The second kappa shape index (κ2) is 6.59. The predicted molar refractivity (Wildman–Crippen MR) is 92.4 cm³/mol. The number of allylic oxidation sites excluding steroid dienone is 1. The molecule has 0 radical (unpaired) electrons. The first kappa shape index (κ1) is 16.4. The van der Waals surface area contributed by atoms with E-state index >= 15 is 0 Å². The maximum atomic E-state index is 14.2. The maximum absolute atomic E-state index is 14.2. The third kappa shape index (κ3) is 3.11. The lowest BCUT2D eigenvalue weighted by Gasteiger charge is -2.02. The fourth-order valence-electron chi connectivity index (χ4n) is 2.21. The highest BCUT2D eigenvalue weighted by molar-refractivity contribution is 6.38. The fourth-order valence-corrected chi connectivity index (χ4v) is 2.75. The van der Waals surface area contributed by atoms with Crippen molar-refractivity contribution in [3.8, 4) is 0 Å². The lowest BCUT2D eigenvalue weighted by atomic mass is 10.1. The molecule has 6 heteroatoms. The molecule has 0 N–H and O–H groups in total. The zero-order valence-electron chi connectivity index (χ0n) is 12.1. The number of benzene rings is 2. The second-order valence-electron chi connectivity index (χ2n) is 4.97. The van der Waals surface area contributed by atoms with Gasteiger partial charge < -0.3 is 4.42 Å². The number of fused-ring (bicyclic) bond motifs is 1. The summed E-state index contributed by atoms with van der Waals surface area (Å²) in [5.74, 6) is -1.89. The highest BCUT2D eigenvalue weighted by Crippen LogP contribution is 2.26. The summed E-state index contributed by atoms with van der Waals surface area (Å²) in [6.45, 7) is 0. The van der Waals surface area contributed by atoms with Gasteiger partial charge in [-0.05, 0) is 18.2 Å². The van der Waals surface area contributed by atoms with Gasteiger partial charge in [0.1, 0.15) is 6.26 Å². The molecule has 0 spiro atoms. The van der Waals surface area contributed by atoms with Crippen LogP contribution in [0, 0.1) is 0 Å². The first-order chi connectivity index (χ1) is 11.5. The van der Waals surface area contributed by atoms with Crippen molar-refractivity contribution in [2.24, 2.45) is 0 Å². The Kier molecular flexibility index (Phi) is 4.51. The van der Waals surface area contributed by atoms with Gasteiger partial charge >= 0.3 is 0 Å². The summed E-state index contributed by atoms with van der Waals surface area (Å²) < 4.78 is 19.5. The van der Waals surface area contributed by atoms with Crippen LogP contribution in [0.5, 0.6) is 0 Å². The van der Waals surface area contributed by atoms with Crippen molar-refractivity contribution in [1.29, 1.82) is 0 Å². The van der Waals surface area contributed by atoms with E-state index in [0.717, 1.165) is 12.3 Å². The highest BCUT2D eigenvalue weighted by atomic mass is 35.5. The lowest BCUT2D eigenvalue weighted by molar-refractivity contribution is 0.101. The van der Waals surface area contributed by atoms with Gasteiger partial charge in [0.05, 0.1) is 16.0 Å². The molecule has 0 aliphatic rings. The van der Waals surface area contributed by atoms with Crippen LogP contribution in [-0.2, 0) is 0 Å². The van der Waals surface area contributed by atoms with E-state index in [1.165, 1.54) is 24.3 Å². The standard InChI is InChI=1S/C18H9Cl2FO3/c19-12-7-13-16(22)11(9-24-18(13)14(20)8-12)6-15(21)17(23)10-4-2-1-3-5-10/h1-9H/b15-6-. The molecule has 1 heterocycles. The average Bonchev–Trinajstić information content (AvgIpc) is 2.57. The van der Waals surface area contributed by atoms with Crippen LogP contribution in [-0.4, -0.2) is 5.78 Å². The summed E-state index contributed by atoms with van der Waals surface area (Å²) in [6.07, 6.45) is 1.90. The van der Waals surface area contributed by atoms with Gasteiger partial charge in [0.15, 0.2) is 16.8 Å². The molecule has 0 unspecified atom stereocenters. The zero-order chi connectivity index (χ0) is 17.3. The Balaban J connectivity index is 2.08. The van der Waals surface area contributed by atoms with E-state index in [2.05, 4.69) is 0 Å². The molecule has 0 amide bonds. The Morgan fingerprint density at radius 2 is 1.83 bits per heavy atom. The van der Waals surface area contributed by atoms with E-state index in [9.17, 15) is 14.0 Å². The summed E-state index contributed by atoms with van der Waals surface area (Å²) in [7, 11) is 0.